The molecule has 18 heavy (non-hydrogen) atoms. The van der Waals surface area contributed by atoms with E-state index in [4.69, 9.17) is 4.74 Å². The highest BCUT2D eigenvalue weighted by molar-refractivity contribution is 5.28. The molecule has 0 aromatic heterocycles. The van der Waals surface area contributed by atoms with Crippen LogP contribution in [-0.2, 0) is 6.54 Å². The minimum atomic E-state index is 0.156. The predicted octanol–water partition coefficient (Wildman–Crippen LogP) is 3.75. The first-order valence-corrected chi connectivity index (χ1v) is 7.00. The molecule has 0 unspecified atom stereocenters. The van der Waals surface area contributed by atoms with Gasteiger partial charge in [0.05, 0.1) is 6.61 Å². The van der Waals surface area contributed by atoms with E-state index in [-0.39, 0.29) is 5.54 Å². The largest absolute Gasteiger partial charge is 0.494 e. The highest BCUT2D eigenvalue weighted by atomic mass is 16.5. The van der Waals surface area contributed by atoms with Gasteiger partial charge in [0.15, 0.2) is 0 Å². The van der Waals surface area contributed by atoms with Crippen molar-refractivity contribution >= 4 is 0 Å². The van der Waals surface area contributed by atoms with Crippen molar-refractivity contribution in [3.8, 4) is 5.75 Å². The van der Waals surface area contributed by atoms with E-state index >= 15 is 0 Å². The van der Waals surface area contributed by atoms with Crippen LogP contribution in [0.2, 0.25) is 0 Å². The van der Waals surface area contributed by atoms with Crippen LogP contribution in [0, 0.1) is 5.92 Å². The van der Waals surface area contributed by atoms with Crippen LogP contribution in [0.25, 0.3) is 0 Å². The number of benzene rings is 1. The van der Waals surface area contributed by atoms with Gasteiger partial charge in [0, 0.05) is 12.1 Å². The second kappa shape index (κ2) is 5.75. The molecule has 1 aromatic rings. The highest BCUT2D eigenvalue weighted by Crippen LogP contribution is 2.32. The normalized spacial score (nSPS) is 15.7. The second-order valence-corrected chi connectivity index (χ2v) is 6.33. The van der Waals surface area contributed by atoms with Crippen LogP contribution in [0.5, 0.6) is 5.75 Å². The third-order valence-corrected chi connectivity index (χ3v) is 3.21. The molecule has 0 spiro atoms. The lowest BCUT2D eigenvalue weighted by atomic mass is 10.1. The monoisotopic (exact) mass is 247 g/mol. The maximum absolute atomic E-state index is 5.80. The Morgan fingerprint density at radius 3 is 2.72 bits per heavy atom. The van der Waals surface area contributed by atoms with Crippen LogP contribution in [-0.4, -0.2) is 12.1 Å². The van der Waals surface area contributed by atoms with E-state index in [9.17, 15) is 0 Å². The van der Waals surface area contributed by atoms with Crippen molar-refractivity contribution in [2.75, 3.05) is 6.61 Å². The lowest BCUT2D eigenvalue weighted by Crippen LogP contribution is -2.35. The summed E-state index contributed by atoms with van der Waals surface area (Å²) in [6.45, 7) is 8.30. The van der Waals surface area contributed by atoms with Gasteiger partial charge in [0.1, 0.15) is 5.75 Å². The molecule has 2 nitrogen and oxygen atoms in total. The zero-order valence-corrected chi connectivity index (χ0v) is 11.8. The van der Waals surface area contributed by atoms with Gasteiger partial charge in [-0.05, 0) is 50.8 Å². The van der Waals surface area contributed by atoms with Crippen LogP contribution < -0.4 is 10.1 Å². The average molecular weight is 247 g/mol. The summed E-state index contributed by atoms with van der Waals surface area (Å²) < 4.78 is 5.80. The van der Waals surface area contributed by atoms with Crippen LogP contribution >= 0.6 is 0 Å². The Labute approximate surface area is 111 Å². The zero-order chi connectivity index (χ0) is 13.0. The molecule has 0 amide bonds. The summed E-state index contributed by atoms with van der Waals surface area (Å²) in [6, 6.07) is 8.41. The first-order chi connectivity index (χ1) is 8.53. The van der Waals surface area contributed by atoms with E-state index in [0.29, 0.717) is 0 Å². The Bertz CT molecular complexity index is 377. The standard InChI is InChI=1S/C16H25NO/c1-16(2,3)17-12-14-5-4-6-15(11-14)18-10-9-13-7-8-13/h4-6,11,13,17H,7-10,12H2,1-3H3. The van der Waals surface area contributed by atoms with E-state index in [1.165, 1.54) is 24.8 Å². The Kier molecular flexibility index (Phi) is 4.28. The van der Waals surface area contributed by atoms with Crippen molar-refractivity contribution in [2.24, 2.45) is 5.92 Å². The number of hydrogen-bond donors (Lipinski definition) is 1. The lowest BCUT2D eigenvalue weighted by Gasteiger charge is -2.20. The maximum atomic E-state index is 5.80. The maximum Gasteiger partial charge on any atom is 0.119 e. The lowest BCUT2D eigenvalue weighted by molar-refractivity contribution is 0.302. The number of ether oxygens (including phenoxy) is 1. The number of nitrogens with one attached hydrogen (secondary N) is 1. The molecule has 1 aliphatic rings. The van der Waals surface area contributed by atoms with Crippen molar-refractivity contribution in [3.63, 3.8) is 0 Å². The van der Waals surface area contributed by atoms with Crippen LogP contribution in [0.15, 0.2) is 24.3 Å². The van der Waals surface area contributed by atoms with Crippen LogP contribution in [0.3, 0.4) is 0 Å². The predicted molar refractivity (Wildman–Crippen MR) is 75.9 cm³/mol. The van der Waals surface area contributed by atoms with Crippen LogP contribution in [0.4, 0.5) is 0 Å². The topological polar surface area (TPSA) is 21.3 Å². The summed E-state index contributed by atoms with van der Waals surface area (Å²) in [6.07, 6.45) is 4.02. The summed E-state index contributed by atoms with van der Waals surface area (Å²) in [7, 11) is 0. The Hall–Kier alpha value is -1.02. The molecule has 1 aliphatic carbocycles. The third-order valence-electron chi connectivity index (χ3n) is 3.21. The van der Waals surface area contributed by atoms with Gasteiger partial charge in [-0.1, -0.05) is 25.0 Å². The molecule has 2 rings (SSSR count). The third kappa shape index (κ3) is 5.09. The molecular weight excluding hydrogens is 222 g/mol. The SMILES string of the molecule is CC(C)(C)NCc1cccc(OCCC2CC2)c1. The molecular formula is C16H25NO. The fraction of sp³-hybridized carbons (Fsp3) is 0.625. The van der Waals surface area contributed by atoms with Gasteiger partial charge in [0.25, 0.3) is 0 Å². The van der Waals surface area contributed by atoms with Gasteiger partial charge in [-0.15, -0.1) is 0 Å². The van der Waals surface area contributed by atoms with Gasteiger partial charge in [-0.3, -0.25) is 0 Å². The van der Waals surface area contributed by atoms with Crippen molar-refractivity contribution < 1.29 is 4.74 Å². The number of hydrogen-bond acceptors (Lipinski definition) is 2. The Morgan fingerprint density at radius 1 is 1.28 bits per heavy atom. The molecule has 100 valence electrons. The molecule has 0 bridgehead atoms. The van der Waals surface area contributed by atoms with Gasteiger partial charge >= 0.3 is 0 Å². The zero-order valence-electron chi connectivity index (χ0n) is 11.8. The highest BCUT2D eigenvalue weighted by Gasteiger charge is 2.20. The first-order valence-electron chi connectivity index (χ1n) is 7.00. The molecule has 1 N–H and O–H groups in total. The molecule has 0 saturated heterocycles. The molecule has 1 aromatic carbocycles. The van der Waals surface area contributed by atoms with E-state index in [0.717, 1.165) is 24.8 Å². The van der Waals surface area contributed by atoms with E-state index in [1.54, 1.807) is 0 Å². The van der Waals surface area contributed by atoms with Gasteiger partial charge in [-0.2, -0.15) is 0 Å². The summed E-state index contributed by atoms with van der Waals surface area (Å²) in [4.78, 5) is 0. The summed E-state index contributed by atoms with van der Waals surface area (Å²) in [5.74, 6) is 1.94. The van der Waals surface area contributed by atoms with E-state index in [2.05, 4.69) is 44.3 Å². The van der Waals surface area contributed by atoms with E-state index in [1.807, 2.05) is 6.07 Å². The fourth-order valence-electron chi connectivity index (χ4n) is 1.86. The average Bonchev–Trinajstić information content (AvgIpc) is 3.10. The molecule has 1 saturated carbocycles. The molecule has 2 heteroatoms. The molecule has 0 atom stereocenters. The first kappa shape index (κ1) is 13.4. The number of rotatable bonds is 6. The summed E-state index contributed by atoms with van der Waals surface area (Å²) >= 11 is 0. The molecule has 1 fully saturated rings. The van der Waals surface area contributed by atoms with Crippen molar-refractivity contribution in [1.82, 2.24) is 5.32 Å². The van der Waals surface area contributed by atoms with Gasteiger partial charge in [-0.25, -0.2) is 0 Å². The van der Waals surface area contributed by atoms with Crippen molar-refractivity contribution in [3.05, 3.63) is 29.8 Å². The minimum Gasteiger partial charge on any atom is -0.494 e. The van der Waals surface area contributed by atoms with Gasteiger partial charge in [0.2, 0.25) is 0 Å². The molecule has 0 radical (unpaired) electrons. The Balaban J connectivity index is 1.79. The molecule has 0 aliphatic heterocycles. The van der Waals surface area contributed by atoms with E-state index < -0.39 is 0 Å². The van der Waals surface area contributed by atoms with Crippen molar-refractivity contribution in [1.29, 1.82) is 0 Å². The second-order valence-electron chi connectivity index (χ2n) is 6.33. The quantitative estimate of drug-likeness (QED) is 0.826. The Morgan fingerprint density at radius 2 is 2.06 bits per heavy atom. The van der Waals surface area contributed by atoms with Crippen LogP contribution in [0.1, 0.15) is 45.6 Å². The summed E-state index contributed by atoms with van der Waals surface area (Å²) in [5, 5.41) is 3.49. The summed E-state index contributed by atoms with van der Waals surface area (Å²) in [5.41, 5.74) is 1.44. The van der Waals surface area contributed by atoms with Gasteiger partial charge < -0.3 is 10.1 Å². The molecule has 0 heterocycles. The van der Waals surface area contributed by atoms with Crippen molar-refractivity contribution in [2.45, 2.75) is 52.1 Å². The minimum absolute atomic E-state index is 0.156. The smallest absolute Gasteiger partial charge is 0.119 e. The fourth-order valence-corrected chi connectivity index (χ4v) is 1.86.